The van der Waals surface area contributed by atoms with Crippen LogP contribution >= 0.6 is 0 Å². The summed E-state index contributed by atoms with van der Waals surface area (Å²) in [5, 5.41) is 3.02. The number of unbranched alkanes of at least 4 members (excludes halogenated alkanes) is 4. The van der Waals surface area contributed by atoms with E-state index in [0.717, 1.165) is 48.3 Å². The minimum atomic E-state index is 0.794. The van der Waals surface area contributed by atoms with E-state index >= 15 is 0 Å². The van der Waals surface area contributed by atoms with Crippen molar-refractivity contribution in [2.75, 3.05) is 0 Å². The van der Waals surface area contributed by atoms with Crippen LogP contribution in [0.5, 0.6) is 0 Å². The van der Waals surface area contributed by atoms with Gasteiger partial charge in [-0.1, -0.05) is 0 Å². The monoisotopic (exact) mass is 448 g/mol. The van der Waals surface area contributed by atoms with Crippen LogP contribution < -0.4 is 0 Å². The summed E-state index contributed by atoms with van der Waals surface area (Å²) >= 11 is 1.61. The van der Waals surface area contributed by atoms with Gasteiger partial charge >= 0.3 is 159 Å². The Morgan fingerprint density at radius 2 is 1.43 bits per heavy atom. The van der Waals surface area contributed by atoms with E-state index in [-0.39, 0.29) is 0 Å². The van der Waals surface area contributed by atoms with Crippen LogP contribution in [-0.2, 0) is 0 Å². The number of rotatable bonds is 11. The molecule has 0 nitrogen and oxygen atoms in total. The Morgan fingerprint density at radius 1 is 0.870 bits per heavy atom. The van der Waals surface area contributed by atoms with Crippen molar-refractivity contribution in [1.29, 1.82) is 0 Å². The predicted octanol–water partition coefficient (Wildman–Crippen LogP) is 6.60. The van der Waals surface area contributed by atoms with Gasteiger partial charge in [0.25, 0.3) is 0 Å². The standard InChI is InChI=1S/C20H37BSe2/c1-3-5-7-15-22-17-20(23-16-8-6-4-2)21-18-11-9-12-19(21)14-10-13-18/h17-19H,3-16H2,1-2H3/b20-17-. The first-order chi connectivity index (χ1) is 11.4. The molecule has 2 aliphatic rings. The molecule has 2 aliphatic heterocycles. The Kier molecular flexibility index (Phi) is 10.7. The summed E-state index contributed by atoms with van der Waals surface area (Å²) < 4.78 is 2.00. The van der Waals surface area contributed by atoms with Crippen molar-refractivity contribution in [3.63, 3.8) is 0 Å². The molecule has 0 aromatic rings. The summed E-state index contributed by atoms with van der Waals surface area (Å²) in [7, 11) is 0. The fourth-order valence-corrected chi connectivity index (χ4v) is 10.2. The van der Waals surface area contributed by atoms with Crippen LogP contribution in [0.2, 0.25) is 22.3 Å². The molecule has 3 heteroatoms. The Bertz CT molecular complexity index is 321. The molecule has 0 unspecified atom stereocenters. The Balaban J connectivity index is 1.92. The van der Waals surface area contributed by atoms with Gasteiger partial charge in [-0.25, -0.2) is 0 Å². The predicted molar refractivity (Wildman–Crippen MR) is 109 cm³/mol. The first-order valence-electron chi connectivity index (χ1n) is 10.3. The second-order valence-electron chi connectivity index (χ2n) is 7.56. The molecule has 2 heterocycles. The first-order valence-corrected chi connectivity index (χ1v) is 14.6. The molecule has 2 fully saturated rings. The van der Waals surface area contributed by atoms with E-state index in [4.69, 9.17) is 0 Å². The van der Waals surface area contributed by atoms with Gasteiger partial charge in [-0.2, -0.15) is 0 Å². The van der Waals surface area contributed by atoms with Crippen molar-refractivity contribution in [2.45, 2.75) is 113 Å². The van der Waals surface area contributed by atoms with Gasteiger partial charge in [0.05, 0.1) is 0 Å². The minimum absolute atomic E-state index is 0.794. The summed E-state index contributed by atoms with van der Waals surface area (Å²) in [6.07, 6.45) is 17.9. The summed E-state index contributed by atoms with van der Waals surface area (Å²) in [6, 6.07) is 0. The van der Waals surface area contributed by atoms with Crippen LogP contribution in [0.25, 0.3) is 0 Å². The normalized spacial score (nSPS) is 25.0. The molecule has 132 valence electrons. The van der Waals surface area contributed by atoms with Gasteiger partial charge < -0.3 is 0 Å². The Morgan fingerprint density at radius 3 is 2.00 bits per heavy atom. The van der Waals surface area contributed by atoms with Gasteiger partial charge in [-0.15, -0.1) is 0 Å². The van der Waals surface area contributed by atoms with E-state index in [1.165, 1.54) is 62.0 Å². The average molecular weight is 446 g/mol. The van der Waals surface area contributed by atoms with Gasteiger partial charge in [-0.05, 0) is 0 Å². The second kappa shape index (κ2) is 12.2. The Hall–Kier alpha value is 0.844. The fraction of sp³-hybridized carbons (Fsp3) is 0.900. The van der Waals surface area contributed by atoms with Crippen molar-refractivity contribution in [3.8, 4) is 0 Å². The van der Waals surface area contributed by atoms with E-state index in [1.807, 2.05) is 4.37 Å². The zero-order chi connectivity index (χ0) is 16.3. The van der Waals surface area contributed by atoms with E-state index in [2.05, 4.69) is 18.8 Å². The number of hydrogen-bond donors (Lipinski definition) is 0. The quantitative estimate of drug-likeness (QED) is 0.248. The second-order valence-corrected chi connectivity index (χ2v) is 12.1. The number of hydrogen-bond acceptors (Lipinski definition) is 0. The van der Waals surface area contributed by atoms with Gasteiger partial charge in [0.2, 0.25) is 0 Å². The van der Waals surface area contributed by atoms with Gasteiger partial charge in [0, 0.05) is 0 Å². The van der Waals surface area contributed by atoms with E-state index in [0.29, 0.717) is 0 Å². The van der Waals surface area contributed by atoms with Crippen LogP contribution in [0.1, 0.15) is 90.9 Å². The Labute approximate surface area is 158 Å². The van der Waals surface area contributed by atoms with Gasteiger partial charge in [0.15, 0.2) is 0 Å². The summed E-state index contributed by atoms with van der Waals surface area (Å²) in [5.74, 6) is 2.15. The zero-order valence-electron chi connectivity index (χ0n) is 15.5. The van der Waals surface area contributed by atoms with E-state index in [9.17, 15) is 0 Å². The SMILES string of the molecule is CCCCC[Se]/C=C(\[Se]CCCCC)B1C2CCCC1CCC2. The molecule has 0 atom stereocenters. The fourth-order valence-electron chi connectivity index (χ4n) is 4.47. The molecule has 2 rings (SSSR count). The molecule has 2 saturated heterocycles. The van der Waals surface area contributed by atoms with E-state index in [1.54, 1.807) is 25.7 Å². The molecular weight excluding hydrogens is 409 g/mol. The van der Waals surface area contributed by atoms with Crippen LogP contribution in [0.15, 0.2) is 9.35 Å². The van der Waals surface area contributed by atoms with E-state index < -0.39 is 0 Å². The maximum atomic E-state index is 2.82. The third kappa shape index (κ3) is 6.93. The van der Waals surface area contributed by atoms with Gasteiger partial charge in [0.1, 0.15) is 0 Å². The summed E-state index contributed by atoms with van der Waals surface area (Å²) in [4.78, 5) is 2.82. The molecule has 0 amide bonds. The molecule has 23 heavy (non-hydrogen) atoms. The molecule has 0 aliphatic carbocycles. The van der Waals surface area contributed by atoms with Crippen molar-refractivity contribution < 1.29 is 0 Å². The maximum absolute atomic E-state index is 2.82. The third-order valence-electron chi connectivity index (χ3n) is 5.73. The number of fused-ring (bicyclic) bond motifs is 2. The molecule has 0 radical (unpaired) electrons. The molecule has 0 N–H and O–H groups in total. The van der Waals surface area contributed by atoms with Crippen LogP contribution in [0.3, 0.4) is 0 Å². The molecule has 2 bridgehead atoms. The average Bonchev–Trinajstić information content (AvgIpc) is 2.56. The zero-order valence-corrected chi connectivity index (χ0v) is 19.0. The van der Waals surface area contributed by atoms with Crippen molar-refractivity contribution in [2.24, 2.45) is 0 Å². The molecule has 0 aromatic heterocycles. The van der Waals surface area contributed by atoms with Crippen LogP contribution in [0.4, 0.5) is 0 Å². The molecule has 0 aromatic carbocycles. The first kappa shape index (κ1) is 20.2. The van der Waals surface area contributed by atoms with Crippen LogP contribution in [-0.4, -0.2) is 36.6 Å². The molecular formula is C20H37BSe2. The topological polar surface area (TPSA) is 0 Å². The third-order valence-corrected chi connectivity index (χ3v) is 11.0. The summed E-state index contributed by atoms with van der Waals surface area (Å²) in [5.41, 5.74) is 0. The molecule has 0 saturated carbocycles. The van der Waals surface area contributed by atoms with Crippen molar-refractivity contribution in [1.82, 2.24) is 0 Å². The van der Waals surface area contributed by atoms with Gasteiger partial charge in [-0.3, -0.25) is 0 Å². The van der Waals surface area contributed by atoms with Crippen LogP contribution in [0, 0.1) is 0 Å². The van der Waals surface area contributed by atoms with Crippen molar-refractivity contribution >= 4 is 36.6 Å². The van der Waals surface area contributed by atoms with Crippen molar-refractivity contribution in [3.05, 3.63) is 9.35 Å². The summed E-state index contributed by atoms with van der Waals surface area (Å²) in [6.45, 7) is 5.70. The molecule has 0 spiro atoms.